The van der Waals surface area contributed by atoms with Gasteiger partial charge >= 0.3 is 0 Å². The van der Waals surface area contributed by atoms with E-state index in [4.69, 9.17) is 0 Å². The number of fused-ring (bicyclic) bond motifs is 2. The van der Waals surface area contributed by atoms with Crippen LogP contribution in [0.2, 0.25) is 0 Å². The van der Waals surface area contributed by atoms with Crippen LogP contribution in [-0.4, -0.2) is 24.0 Å². The van der Waals surface area contributed by atoms with Gasteiger partial charge in [-0.25, -0.2) is 0 Å². The quantitative estimate of drug-likeness (QED) is 0.516. The second-order valence-electron chi connectivity index (χ2n) is 5.12. The summed E-state index contributed by atoms with van der Waals surface area (Å²) < 4.78 is 0. The van der Waals surface area contributed by atoms with Gasteiger partial charge in [0.1, 0.15) is 0 Å². The molecule has 11 heavy (non-hydrogen) atoms. The summed E-state index contributed by atoms with van der Waals surface area (Å²) >= 11 is 0. The molecular formula is C10H19N. The summed E-state index contributed by atoms with van der Waals surface area (Å²) in [6, 6.07) is 1.81. The third kappa shape index (κ3) is 1.20. The van der Waals surface area contributed by atoms with Crippen LogP contribution in [0, 0.1) is 5.41 Å². The van der Waals surface area contributed by atoms with Crippen LogP contribution in [0.5, 0.6) is 0 Å². The molecule has 1 nitrogen and oxygen atoms in total. The minimum atomic E-state index is 0.623. The van der Waals surface area contributed by atoms with Crippen molar-refractivity contribution >= 4 is 0 Å². The average molecular weight is 153 g/mol. The van der Waals surface area contributed by atoms with Crippen LogP contribution in [0.25, 0.3) is 0 Å². The van der Waals surface area contributed by atoms with E-state index in [1.54, 1.807) is 0 Å². The van der Waals surface area contributed by atoms with Crippen molar-refractivity contribution in [1.29, 1.82) is 0 Å². The van der Waals surface area contributed by atoms with Crippen molar-refractivity contribution in [2.75, 3.05) is 7.05 Å². The second kappa shape index (κ2) is 2.22. The standard InChI is InChI=1S/C10H19N/c1-10(2)6-8-4-5-9(7-10)11(8)3/h8-9H,4-7H2,1-3H3. The minimum Gasteiger partial charge on any atom is -0.300 e. The first-order chi connectivity index (χ1) is 5.08. The van der Waals surface area contributed by atoms with Crippen molar-refractivity contribution in [2.45, 2.75) is 51.6 Å². The second-order valence-corrected chi connectivity index (χ2v) is 5.12. The largest absolute Gasteiger partial charge is 0.300 e. The third-order valence-corrected chi connectivity index (χ3v) is 3.56. The summed E-state index contributed by atoms with van der Waals surface area (Å²) in [4.78, 5) is 2.60. The van der Waals surface area contributed by atoms with Crippen LogP contribution in [0.3, 0.4) is 0 Å². The Morgan fingerprint density at radius 3 is 2.00 bits per heavy atom. The SMILES string of the molecule is CN1C2CCC1CC(C)(C)C2. The van der Waals surface area contributed by atoms with Gasteiger partial charge in [-0.05, 0) is 38.1 Å². The van der Waals surface area contributed by atoms with Crippen molar-refractivity contribution in [3.05, 3.63) is 0 Å². The van der Waals surface area contributed by atoms with E-state index in [0.29, 0.717) is 5.41 Å². The van der Waals surface area contributed by atoms with Gasteiger partial charge in [0.15, 0.2) is 0 Å². The Morgan fingerprint density at radius 1 is 1.09 bits per heavy atom. The van der Waals surface area contributed by atoms with Crippen LogP contribution >= 0.6 is 0 Å². The number of nitrogens with zero attached hydrogens (tertiary/aromatic N) is 1. The lowest BCUT2D eigenvalue weighted by atomic mass is 9.79. The first-order valence-corrected chi connectivity index (χ1v) is 4.80. The number of hydrogen-bond acceptors (Lipinski definition) is 1. The fraction of sp³-hybridized carbons (Fsp3) is 1.00. The van der Waals surface area contributed by atoms with Gasteiger partial charge in [-0.1, -0.05) is 13.8 Å². The van der Waals surface area contributed by atoms with Crippen molar-refractivity contribution in [1.82, 2.24) is 4.90 Å². The molecule has 2 atom stereocenters. The van der Waals surface area contributed by atoms with Crippen molar-refractivity contribution in [3.8, 4) is 0 Å². The molecule has 0 aliphatic carbocycles. The van der Waals surface area contributed by atoms with Gasteiger partial charge in [0.05, 0.1) is 0 Å². The lowest BCUT2D eigenvalue weighted by Gasteiger charge is -2.41. The Morgan fingerprint density at radius 2 is 1.55 bits per heavy atom. The molecule has 1 heteroatoms. The fourth-order valence-corrected chi connectivity index (χ4v) is 2.94. The zero-order valence-electron chi connectivity index (χ0n) is 7.93. The van der Waals surface area contributed by atoms with Gasteiger partial charge in [-0.3, -0.25) is 0 Å². The number of hydrogen-bond donors (Lipinski definition) is 0. The summed E-state index contributed by atoms with van der Waals surface area (Å²) in [5.41, 5.74) is 0.623. The van der Waals surface area contributed by atoms with E-state index in [9.17, 15) is 0 Å². The lowest BCUT2D eigenvalue weighted by Crippen LogP contribution is -2.43. The summed E-state index contributed by atoms with van der Waals surface area (Å²) in [6.07, 6.45) is 5.73. The Bertz CT molecular complexity index is 146. The van der Waals surface area contributed by atoms with Crippen LogP contribution in [0.4, 0.5) is 0 Å². The highest BCUT2D eigenvalue weighted by Gasteiger charge is 2.41. The molecule has 0 aromatic carbocycles. The maximum Gasteiger partial charge on any atom is 0.0101 e. The van der Waals surface area contributed by atoms with Gasteiger partial charge in [-0.15, -0.1) is 0 Å². The van der Waals surface area contributed by atoms with E-state index in [2.05, 4.69) is 25.8 Å². The minimum absolute atomic E-state index is 0.623. The molecule has 2 fully saturated rings. The molecule has 2 aliphatic heterocycles. The van der Waals surface area contributed by atoms with Gasteiger partial charge in [0.25, 0.3) is 0 Å². The summed E-state index contributed by atoms with van der Waals surface area (Å²) in [5, 5.41) is 0. The first kappa shape index (κ1) is 7.60. The van der Waals surface area contributed by atoms with Gasteiger partial charge in [0.2, 0.25) is 0 Å². The van der Waals surface area contributed by atoms with E-state index >= 15 is 0 Å². The number of piperidine rings is 1. The molecule has 0 saturated carbocycles. The lowest BCUT2D eigenvalue weighted by molar-refractivity contribution is 0.0856. The predicted octanol–water partition coefficient (Wildman–Crippen LogP) is 2.27. The monoisotopic (exact) mass is 153 g/mol. The molecule has 2 saturated heterocycles. The van der Waals surface area contributed by atoms with E-state index < -0.39 is 0 Å². The maximum atomic E-state index is 2.60. The smallest absolute Gasteiger partial charge is 0.0101 e. The van der Waals surface area contributed by atoms with Crippen LogP contribution in [-0.2, 0) is 0 Å². The normalized spacial score (nSPS) is 42.8. The zero-order valence-corrected chi connectivity index (χ0v) is 7.93. The van der Waals surface area contributed by atoms with Gasteiger partial charge in [0, 0.05) is 12.1 Å². The first-order valence-electron chi connectivity index (χ1n) is 4.80. The highest BCUT2D eigenvalue weighted by atomic mass is 15.2. The molecule has 0 aromatic rings. The molecule has 2 unspecified atom stereocenters. The number of rotatable bonds is 0. The molecule has 2 bridgehead atoms. The highest BCUT2D eigenvalue weighted by molar-refractivity contribution is 4.96. The summed E-state index contributed by atoms with van der Waals surface area (Å²) in [5.74, 6) is 0. The molecule has 0 radical (unpaired) electrons. The van der Waals surface area contributed by atoms with E-state index in [1.165, 1.54) is 25.7 Å². The van der Waals surface area contributed by atoms with E-state index in [0.717, 1.165) is 12.1 Å². The molecule has 2 heterocycles. The Labute approximate surface area is 69.8 Å². The molecule has 2 rings (SSSR count). The zero-order chi connectivity index (χ0) is 8.06. The van der Waals surface area contributed by atoms with Crippen molar-refractivity contribution in [3.63, 3.8) is 0 Å². The summed E-state index contributed by atoms with van der Waals surface area (Å²) in [7, 11) is 2.30. The summed E-state index contributed by atoms with van der Waals surface area (Å²) in [6.45, 7) is 4.84. The fourth-order valence-electron chi connectivity index (χ4n) is 2.94. The Hall–Kier alpha value is -0.0400. The van der Waals surface area contributed by atoms with Crippen molar-refractivity contribution in [2.24, 2.45) is 5.41 Å². The van der Waals surface area contributed by atoms with Crippen LogP contribution in [0.1, 0.15) is 39.5 Å². The Balaban J connectivity index is 2.14. The predicted molar refractivity (Wildman–Crippen MR) is 47.6 cm³/mol. The van der Waals surface area contributed by atoms with Gasteiger partial charge in [-0.2, -0.15) is 0 Å². The van der Waals surface area contributed by atoms with Gasteiger partial charge < -0.3 is 4.90 Å². The van der Waals surface area contributed by atoms with Crippen LogP contribution in [0.15, 0.2) is 0 Å². The molecule has 2 aliphatic rings. The molecule has 0 amide bonds. The molecule has 0 spiro atoms. The molecule has 0 N–H and O–H groups in total. The highest BCUT2D eigenvalue weighted by Crippen LogP contribution is 2.43. The third-order valence-electron chi connectivity index (χ3n) is 3.56. The topological polar surface area (TPSA) is 3.24 Å². The van der Waals surface area contributed by atoms with E-state index in [-0.39, 0.29) is 0 Å². The van der Waals surface area contributed by atoms with E-state index in [1.807, 2.05) is 0 Å². The Kier molecular flexibility index (Phi) is 1.54. The molecular weight excluding hydrogens is 134 g/mol. The molecule has 0 aromatic heterocycles. The van der Waals surface area contributed by atoms with Crippen molar-refractivity contribution < 1.29 is 0 Å². The van der Waals surface area contributed by atoms with Crippen LogP contribution < -0.4 is 0 Å². The average Bonchev–Trinajstić information content (AvgIpc) is 2.19. The molecule has 64 valence electrons. The maximum absolute atomic E-state index is 2.60.